The quantitative estimate of drug-likeness (QED) is 0.604. The number of oxazole rings is 1. The summed E-state index contributed by atoms with van der Waals surface area (Å²) in [7, 11) is 0. The van der Waals surface area contributed by atoms with Gasteiger partial charge in [-0.15, -0.1) is 0 Å². The predicted molar refractivity (Wildman–Crippen MR) is 99.3 cm³/mol. The number of hydrogen-bond acceptors (Lipinski definition) is 4. The van der Waals surface area contributed by atoms with Crippen molar-refractivity contribution in [2.45, 2.75) is 31.5 Å². The van der Waals surface area contributed by atoms with Gasteiger partial charge in [-0.25, -0.2) is 4.98 Å². The smallest absolute Gasteiger partial charge is 0.422 e. The molecule has 3 aromatic rings. The molecule has 2 heterocycles. The van der Waals surface area contributed by atoms with E-state index < -0.39 is 12.8 Å². The summed E-state index contributed by atoms with van der Waals surface area (Å²) in [6, 6.07) is 14.6. The topological polar surface area (TPSA) is 38.5 Å². The van der Waals surface area contributed by atoms with Crippen molar-refractivity contribution >= 4 is 11.1 Å². The molecule has 0 saturated carbocycles. The Morgan fingerprint density at radius 3 is 2.82 bits per heavy atom. The first-order valence-corrected chi connectivity index (χ1v) is 9.32. The molecule has 2 aromatic carbocycles. The highest BCUT2D eigenvalue weighted by atomic mass is 19.4. The average molecular weight is 390 g/mol. The van der Waals surface area contributed by atoms with Gasteiger partial charge in [-0.3, -0.25) is 4.90 Å². The molecule has 0 amide bonds. The second kappa shape index (κ2) is 7.83. The molecule has 0 bridgehead atoms. The Bertz CT molecular complexity index is 906. The van der Waals surface area contributed by atoms with E-state index in [1.807, 2.05) is 30.3 Å². The van der Waals surface area contributed by atoms with Crippen LogP contribution in [0.1, 0.15) is 30.2 Å². The lowest BCUT2D eigenvalue weighted by Gasteiger charge is -2.31. The van der Waals surface area contributed by atoms with Crippen LogP contribution in [0.25, 0.3) is 11.1 Å². The highest BCUT2D eigenvalue weighted by molar-refractivity contribution is 5.72. The molecule has 0 radical (unpaired) electrons. The number of nitrogens with zero attached hydrogens (tertiary/aromatic N) is 2. The summed E-state index contributed by atoms with van der Waals surface area (Å²) < 4.78 is 47.8. The number of halogens is 3. The lowest BCUT2D eigenvalue weighted by atomic mass is 9.97. The first-order chi connectivity index (χ1) is 13.5. The first kappa shape index (κ1) is 18.8. The third-order valence-electron chi connectivity index (χ3n) is 4.87. The lowest BCUT2D eigenvalue weighted by Crippen LogP contribution is -2.34. The van der Waals surface area contributed by atoms with Crippen molar-refractivity contribution in [2.24, 2.45) is 0 Å². The molecule has 0 unspecified atom stereocenters. The van der Waals surface area contributed by atoms with E-state index in [4.69, 9.17) is 9.15 Å². The van der Waals surface area contributed by atoms with Crippen LogP contribution in [-0.2, 0) is 6.54 Å². The SMILES string of the molecule is FC(F)(F)COc1cccc(CN2CCC[C@H](c3nc4ccccc4o3)C2)c1. The van der Waals surface area contributed by atoms with Gasteiger partial charge in [0.05, 0.1) is 0 Å². The third kappa shape index (κ3) is 4.65. The van der Waals surface area contributed by atoms with Gasteiger partial charge in [0.1, 0.15) is 11.3 Å². The van der Waals surface area contributed by atoms with Crippen molar-refractivity contribution in [1.29, 1.82) is 0 Å². The Hall–Kier alpha value is -2.54. The van der Waals surface area contributed by atoms with Crippen LogP contribution in [0.15, 0.2) is 52.9 Å². The van der Waals surface area contributed by atoms with E-state index in [9.17, 15) is 13.2 Å². The number of piperidine rings is 1. The minimum atomic E-state index is -4.34. The van der Waals surface area contributed by atoms with Gasteiger partial charge in [0.25, 0.3) is 0 Å². The molecule has 4 nitrogen and oxygen atoms in total. The number of aromatic nitrogens is 1. The molecule has 1 atom stereocenters. The van der Waals surface area contributed by atoms with Gasteiger partial charge in [0.2, 0.25) is 0 Å². The number of benzene rings is 2. The van der Waals surface area contributed by atoms with E-state index in [1.54, 1.807) is 18.2 Å². The Balaban J connectivity index is 1.41. The number of ether oxygens (including phenoxy) is 1. The molecular weight excluding hydrogens is 369 g/mol. The monoisotopic (exact) mass is 390 g/mol. The maximum absolute atomic E-state index is 12.3. The molecule has 1 aliphatic heterocycles. The second-order valence-corrected chi connectivity index (χ2v) is 7.15. The Kier molecular flexibility index (Phi) is 5.26. The summed E-state index contributed by atoms with van der Waals surface area (Å²) >= 11 is 0. The van der Waals surface area contributed by atoms with E-state index in [0.29, 0.717) is 6.54 Å². The summed E-state index contributed by atoms with van der Waals surface area (Å²) in [5.74, 6) is 1.21. The van der Waals surface area contributed by atoms with Gasteiger partial charge in [-0.2, -0.15) is 13.2 Å². The van der Waals surface area contributed by atoms with Gasteiger partial charge in [-0.1, -0.05) is 24.3 Å². The zero-order valence-electron chi connectivity index (χ0n) is 15.3. The van der Waals surface area contributed by atoms with Gasteiger partial charge >= 0.3 is 6.18 Å². The van der Waals surface area contributed by atoms with Gasteiger partial charge in [0.15, 0.2) is 18.1 Å². The zero-order chi connectivity index (χ0) is 19.6. The summed E-state index contributed by atoms with van der Waals surface area (Å²) in [5.41, 5.74) is 2.59. The Morgan fingerprint density at radius 2 is 2.00 bits per heavy atom. The lowest BCUT2D eigenvalue weighted by molar-refractivity contribution is -0.153. The van der Waals surface area contributed by atoms with Crippen molar-refractivity contribution in [3.63, 3.8) is 0 Å². The van der Waals surface area contributed by atoms with Gasteiger partial charge < -0.3 is 9.15 Å². The van der Waals surface area contributed by atoms with E-state index in [2.05, 4.69) is 9.88 Å². The molecule has 0 spiro atoms. The van der Waals surface area contributed by atoms with E-state index in [-0.39, 0.29) is 11.7 Å². The molecule has 1 aromatic heterocycles. The minimum absolute atomic E-state index is 0.214. The van der Waals surface area contributed by atoms with E-state index >= 15 is 0 Å². The largest absolute Gasteiger partial charge is 0.484 e. The average Bonchev–Trinajstić information content (AvgIpc) is 3.11. The van der Waals surface area contributed by atoms with Crippen LogP contribution in [0.4, 0.5) is 13.2 Å². The van der Waals surface area contributed by atoms with Crippen molar-refractivity contribution in [3.8, 4) is 5.75 Å². The molecule has 4 rings (SSSR count). The highest BCUT2D eigenvalue weighted by Crippen LogP contribution is 2.30. The van der Waals surface area contributed by atoms with E-state index in [0.717, 1.165) is 48.5 Å². The predicted octanol–water partition coefficient (Wildman–Crippen LogP) is 5.15. The van der Waals surface area contributed by atoms with Crippen molar-refractivity contribution < 1.29 is 22.3 Å². The third-order valence-corrected chi connectivity index (χ3v) is 4.87. The molecule has 1 fully saturated rings. The highest BCUT2D eigenvalue weighted by Gasteiger charge is 2.28. The molecule has 148 valence electrons. The van der Waals surface area contributed by atoms with Crippen molar-refractivity contribution in [2.75, 3.05) is 19.7 Å². The maximum Gasteiger partial charge on any atom is 0.422 e. The van der Waals surface area contributed by atoms with Crippen LogP contribution in [-0.4, -0.2) is 35.8 Å². The van der Waals surface area contributed by atoms with Gasteiger partial charge in [0, 0.05) is 19.0 Å². The number of hydrogen-bond donors (Lipinski definition) is 0. The minimum Gasteiger partial charge on any atom is -0.484 e. The number of likely N-dealkylation sites (tertiary alicyclic amines) is 1. The van der Waals surface area contributed by atoms with Gasteiger partial charge in [-0.05, 0) is 49.2 Å². The van der Waals surface area contributed by atoms with Crippen molar-refractivity contribution in [3.05, 3.63) is 60.0 Å². The fourth-order valence-electron chi connectivity index (χ4n) is 3.62. The molecule has 0 N–H and O–H groups in total. The summed E-state index contributed by atoms with van der Waals surface area (Å²) in [4.78, 5) is 6.90. The number of fused-ring (bicyclic) bond motifs is 1. The second-order valence-electron chi connectivity index (χ2n) is 7.15. The van der Waals surface area contributed by atoms with Crippen LogP contribution in [0.5, 0.6) is 5.75 Å². The molecular formula is C21H21F3N2O2. The molecule has 0 aliphatic carbocycles. The van der Waals surface area contributed by atoms with Crippen molar-refractivity contribution in [1.82, 2.24) is 9.88 Å². The normalized spacial score (nSPS) is 18.5. The zero-order valence-corrected chi connectivity index (χ0v) is 15.3. The molecule has 7 heteroatoms. The summed E-state index contributed by atoms with van der Waals surface area (Å²) in [5, 5.41) is 0. The number of rotatable bonds is 5. The maximum atomic E-state index is 12.3. The van der Waals surface area contributed by atoms with E-state index in [1.165, 1.54) is 0 Å². The fourth-order valence-corrected chi connectivity index (χ4v) is 3.62. The molecule has 1 aliphatic rings. The van der Waals surface area contributed by atoms with Crippen LogP contribution >= 0.6 is 0 Å². The Morgan fingerprint density at radius 1 is 1.14 bits per heavy atom. The fraction of sp³-hybridized carbons (Fsp3) is 0.381. The number of para-hydroxylation sites is 2. The van der Waals surface area contributed by atoms with Crippen LogP contribution in [0.3, 0.4) is 0 Å². The molecule has 28 heavy (non-hydrogen) atoms. The molecule has 1 saturated heterocycles. The van der Waals surface area contributed by atoms with Crippen LogP contribution < -0.4 is 4.74 Å². The Labute approximate surface area is 160 Å². The van der Waals surface area contributed by atoms with Crippen LogP contribution in [0, 0.1) is 0 Å². The standard InChI is InChI=1S/C21H21F3N2O2/c22-21(23,24)14-27-17-7-3-5-15(11-17)12-26-10-4-6-16(13-26)20-25-18-8-1-2-9-19(18)28-20/h1-3,5,7-9,11,16H,4,6,10,12-14H2/t16-/m0/s1. The summed E-state index contributed by atoms with van der Waals surface area (Å²) in [6.45, 7) is 1.12. The first-order valence-electron chi connectivity index (χ1n) is 9.32. The number of alkyl halides is 3. The summed E-state index contributed by atoms with van der Waals surface area (Å²) in [6.07, 6.45) is -2.30. The van der Waals surface area contributed by atoms with Crippen LogP contribution in [0.2, 0.25) is 0 Å².